The number of ether oxygens (including phenoxy) is 2. The summed E-state index contributed by atoms with van der Waals surface area (Å²) in [6, 6.07) is 5.37. The summed E-state index contributed by atoms with van der Waals surface area (Å²) in [5.41, 5.74) is 8.26. The molecule has 1 aliphatic carbocycles. The lowest BCUT2D eigenvalue weighted by molar-refractivity contribution is -0.113. The lowest BCUT2D eigenvalue weighted by Gasteiger charge is -2.19. The lowest BCUT2D eigenvalue weighted by atomic mass is 9.89. The first-order chi connectivity index (χ1) is 14.6. The Morgan fingerprint density at radius 3 is 3.00 bits per heavy atom. The Morgan fingerprint density at radius 1 is 1.30 bits per heavy atom. The zero-order valence-corrected chi connectivity index (χ0v) is 18.2. The number of amides is 1. The number of benzene rings is 1. The van der Waals surface area contributed by atoms with Crippen LogP contribution in [-0.4, -0.2) is 34.8 Å². The zero-order chi connectivity index (χ0) is 20.7. The molecule has 1 amide bonds. The quantitative estimate of drug-likeness (QED) is 0.467. The highest BCUT2D eigenvalue weighted by molar-refractivity contribution is 7.99. The van der Waals surface area contributed by atoms with Crippen LogP contribution in [0.1, 0.15) is 23.8 Å². The first-order valence-corrected chi connectivity index (χ1v) is 11.8. The zero-order valence-electron chi connectivity index (χ0n) is 16.6. The maximum Gasteiger partial charge on any atom is 0.234 e. The third-order valence-corrected chi connectivity index (χ3v) is 7.32. The minimum atomic E-state index is -0.141. The summed E-state index contributed by atoms with van der Waals surface area (Å²) in [7, 11) is 0. The summed E-state index contributed by atoms with van der Waals surface area (Å²) in [6.07, 6.45) is 3.29. The maximum absolute atomic E-state index is 12.4. The van der Waals surface area contributed by atoms with Gasteiger partial charge in [-0.15, -0.1) is 11.3 Å². The summed E-state index contributed by atoms with van der Waals surface area (Å²) in [6.45, 7) is 3.32. The van der Waals surface area contributed by atoms with Gasteiger partial charge in [0.05, 0.1) is 11.1 Å². The third-order valence-electron chi connectivity index (χ3n) is 5.32. The predicted molar refractivity (Wildman–Crippen MR) is 120 cm³/mol. The van der Waals surface area contributed by atoms with Gasteiger partial charge in [-0.25, -0.2) is 9.97 Å². The first-order valence-electron chi connectivity index (χ1n) is 9.97. The molecule has 1 aliphatic heterocycles. The molecule has 0 saturated heterocycles. The fourth-order valence-electron chi connectivity index (χ4n) is 3.86. The van der Waals surface area contributed by atoms with Crippen molar-refractivity contribution in [3.8, 4) is 11.5 Å². The highest BCUT2D eigenvalue weighted by Crippen LogP contribution is 2.40. The lowest BCUT2D eigenvalue weighted by Crippen LogP contribution is -2.17. The normalized spacial score (nSPS) is 17.6. The van der Waals surface area contributed by atoms with Crippen LogP contribution in [0.5, 0.6) is 11.5 Å². The van der Waals surface area contributed by atoms with E-state index in [4.69, 9.17) is 15.2 Å². The second-order valence-corrected chi connectivity index (χ2v) is 9.64. The Hall–Kier alpha value is -2.52. The Balaban J connectivity index is 1.27. The van der Waals surface area contributed by atoms with E-state index in [-0.39, 0.29) is 11.7 Å². The van der Waals surface area contributed by atoms with E-state index in [0.717, 1.165) is 23.1 Å². The summed E-state index contributed by atoms with van der Waals surface area (Å²) < 4.78 is 11.1. The number of anilines is 2. The molecule has 1 unspecified atom stereocenters. The average Bonchev–Trinajstić information content (AvgIpc) is 3.10. The molecule has 3 heterocycles. The van der Waals surface area contributed by atoms with Gasteiger partial charge in [0.25, 0.3) is 0 Å². The van der Waals surface area contributed by atoms with Gasteiger partial charge in [-0.1, -0.05) is 18.7 Å². The molecule has 7 nitrogen and oxygen atoms in total. The molecule has 0 spiro atoms. The number of rotatable bonds is 4. The number of nitrogens with one attached hydrogen (secondary N) is 1. The van der Waals surface area contributed by atoms with Crippen LogP contribution in [0.15, 0.2) is 23.4 Å². The number of nitrogen functional groups attached to an aromatic ring is 1. The summed E-state index contributed by atoms with van der Waals surface area (Å²) in [5.74, 6) is 2.60. The van der Waals surface area contributed by atoms with Crippen LogP contribution < -0.4 is 20.5 Å². The molecular formula is C21H22N4O3S2. The number of carbonyl (C=O) groups is 1. The molecule has 0 radical (unpaired) electrons. The van der Waals surface area contributed by atoms with Crippen molar-refractivity contribution in [3.05, 3.63) is 28.6 Å². The van der Waals surface area contributed by atoms with E-state index >= 15 is 0 Å². The van der Waals surface area contributed by atoms with E-state index in [2.05, 4.69) is 22.2 Å². The van der Waals surface area contributed by atoms with E-state index in [1.54, 1.807) is 29.5 Å². The van der Waals surface area contributed by atoms with Gasteiger partial charge in [-0.05, 0) is 42.9 Å². The van der Waals surface area contributed by atoms with Crippen LogP contribution in [0, 0.1) is 5.92 Å². The van der Waals surface area contributed by atoms with Crippen molar-refractivity contribution < 1.29 is 14.3 Å². The molecule has 156 valence electrons. The van der Waals surface area contributed by atoms with Crippen LogP contribution in [0.4, 0.5) is 11.5 Å². The van der Waals surface area contributed by atoms with Crippen molar-refractivity contribution in [1.82, 2.24) is 9.97 Å². The molecular weight excluding hydrogens is 420 g/mol. The standard InChI is InChI=1S/C21H22N4O3S2/c1-11-2-4-13-16(8-11)30-20-18(13)19(22)24-21(25-20)29-10-17(26)23-12-3-5-14-15(9-12)28-7-6-27-14/h3,5,9,11H,2,4,6-8,10H2,1H3,(H,23,26)(H2,22,24,25). The number of hydrogen-bond acceptors (Lipinski definition) is 8. The van der Waals surface area contributed by atoms with Crippen LogP contribution in [-0.2, 0) is 17.6 Å². The Morgan fingerprint density at radius 2 is 2.13 bits per heavy atom. The minimum Gasteiger partial charge on any atom is -0.486 e. The van der Waals surface area contributed by atoms with Gasteiger partial charge in [-0.3, -0.25) is 4.79 Å². The van der Waals surface area contributed by atoms with Crippen molar-refractivity contribution in [2.24, 2.45) is 5.92 Å². The highest BCUT2D eigenvalue weighted by atomic mass is 32.2. The number of hydrogen-bond donors (Lipinski definition) is 2. The topological polar surface area (TPSA) is 99.4 Å². The number of carbonyl (C=O) groups excluding carboxylic acids is 1. The smallest absolute Gasteiger partial charge is 0.234 e. The van der Waals surface area contributed by atoms with Crippen molar-refractivity contribution in [2.45, 2.75) is 31.3 Å². The molecule has 3 aromatic rings. The molecule has 0 saturated carbocycles. The van der Waals surface area contributed by atoms with E-state index in [9.17, 15) is 4.79 Å². The van der Waals surface area contributed by atoms with E-state index < -0.39 is 0 Å². The van der Waals surface area contributed by atoms with Gasteiger partial charge >= 0.3 is 0 Å². The van der Waals surface area contributed by atoms with Crippen LogP contribution in [0.2, 0.25) is 0 Å². The summed E-state index contributed by atoms with van der Waals surface area (Å²) >= 11 is 3.00. The predicted octanol–water partition coefficient (Wildman–Crippen LogP) is 3.90. The summed E-state index contributed by atoms with van der Waals surface area (Å²) in [5, 5.41) is 4.42. The molecule has 2 aromatic heterocycles. The average molecular weight is 443 g/mol. The number of nitrogens with zero attached hydrogens (tertiary/aromatic N) is 2. The first kappa shape index (κ1) is 19.4. The van der Waals surface area contributed by atoms with Crippen molar-refractivity contribution in [1.29, 1.82) is 0 Å². The fraction of sp³-hybridized carbons (Fsp3) is 0.381. The minimum absolute atomic E-state index is 0.141. The van der Waals surface area contributed by atoms with Crippen LogP contribution in [0.3, 0.4) is 0 Å². The van der Waals surface area contributed by atoms with Gasteiger partial charge < -0.3 is 20.5 Å². The molecule has 0 fully saturated rings. The SMILES string of the molecule is CC1CCc2c(sc3nc(SCC(=O)Nc4ccc5c(c4)OCCO5)nc(N)c23)C1. The van der Waals surface area contributed by atoms with Crippen molar-refractivity contribution >= 4 is 50.7 Å². The molecule has 1 aromatic carbocycles. The third kappa shape index (κ3) is 3.79. The Labute approximate surface area is 182 Å². The van der Waals surface area contributed by atoms with Crippen LogP contribution in [0.25, 0.3) is 10.2 Å². The highest BCUT2D eigenvalue weighted by Gasteiger charge is 2.23. The van der Waals surface area contributed by atoms with E-state index in [0.29, 0.717) is 47.3 Å². The molecule has 9 heteroatoms. The maximum atomic E-state index is 12.4. The molecule has 3 N–H and O–H groups in total. The van der Waals surface area contributed by atoms with Crippen LogP contribution >= 0.6 is 23.1 Å². The number of thioether (sulfide) groups is 1. The number of fused-ring (bicyclic) bond motifs is 4. The molecule has 0 bridgehead atoms. The largest absolute Gasteiger partial charge is 0.486 e. The second-order valence-electron chi connectivity index (χ2n) is 7.62. The van der Waals surface area contributed by atoms with Gasteiger partial charge in [-0.2, -0.15) is 0 Å². The van der Waals surface area contributed by atoms with Crippen molar-refractivity contribution in [3.63, 3.8) is 0 Å². The molecule has 30 heavy (non-hydrogen) atoms. The summed E-state index contributed by atoms with van der Waals surface area (Å²) in [4.78, 5) is 23.8. The van der Waals surface area contributed by atoms with Gasteiger partial charge in [0.1, 0.15) is 23.9 Å². The second kappa shape index (κ2) is 7.96. The molecule has 2 aliphatic rings. The Kier molecular flexibility index (Phi) is 5.16. The number of aromatic nitrogens is 2. The Bertz CT molecular complexity index is 1130. The fourth-order valence-corrected chi connectivity index (χ4v) is 5.96. The number of aryl methyl sites for hydroxylation is 1. The van der Waals surface area contributed by atoms with Gasteiger partial charge in [0.2, 0.25) is 5.91 Å². The number of nitrogens with two attached hydrogens (primary N) is 1. The van der Waals surface area contributed by atoms with E-state index in [1.807, 2.05) is 0 Å². The van der Waals surface area contributed by atoms with Crippen molar-refractivity contribution in [2.75, 3.05) is 30.0 Å². The van der Waals surface area contributed by atoms with Gasteiger partial charge in [0, 0.05) is 16.6 Å². The molecule has 5 rings (SSSR count). The monoisotopic (exact) mass is 442 g/mol. The molecule has 1 atom stereocenters. The van der Waals surface area contributed by atoms with E-state index in [1.165, 1.54) is 28.6 Å². The number of thiophene rings is 1. The van der Waals surface area contributed by atoms with Gasteiger partial charge in [0.15, 0.2) is 16.7 Å².